The highest BCUT2D eigenvalue weighted by Crippen LogP contribution is 2.32. The highest BCUT2D eigenvalue weighted by molar-refractivity contribution is 6.08. The van der Waals surface area contributed by atoms with Crippen molar-refractivity contribution in [3.05, 3.63) is 66.9 Å². The molecule has 1 saturated heterocycles. The molecule has 3 aromatic carbocycles. The summed E-state index contributed by atoms with van der Waals surface area (Å²) < 4.78 is 0. The number of aromatic nitrogens is 2. The van der Waals surface area contributed by atoms with Crippen LogP contribution in [-0.2, 0) is 9.59 Å². The molecule has 28 heavy (non-hydrogen) atoms. The second kappa shape index (κ2) is 6.49. The molecule has 0 bridgehead atoms. The molecular formula is C22H18N4O2. The highest BCUT2D eigenvalue weighted by Gasteiger charge is 2.35. The number of anilines is 2. The number of carbonyl (C=O) groups is 2. The molecule has 1 atom stereocenters. The predicted octanol–water partition coefficient (Wildman–Crippen LogP) is 3.71. The van der Waals surface area contributed by atoms with E-state index >= 15 is 0 Å². The topological polar surface area (TPSA) is 78.1 Å². The lowest BCUT2D eigenvalue weighted by atomic mass is 10.1. The Morgan fingerprint density at radius 1 is 1.07 bits per heavy atom. The third-order valence-electron chi connectivity index (χ3n) is 5.26. The first-order valence-corrected chi connectivity index (χ1v) is 9.21. The Morgan fingerprint density at radius 3 is 2.86 bits per heavy atom. The number of rotatable bonds is 3. The molecule has 1 fully saturated rings. The standard InChI is InChI=1S/C22H18N4O2/c27-21-11-16(22(28)24-17-8-9-19-15(10-17)12-23-25-19)13-26(21)20-7-3-5-14-4-1-2-6-18(14)20/h1-10,12,16H,11,13H2,(H,23,25)(H,24,28). The van der Waals surface area contributed by atoms with E-state index in [1.165, 1.54) is 0 Å². The van der Waals surface area contributed by atoms with Crippen molar-refractivity contribution in [2.24, 2.45) is 5.92 Å². The summed E-state index contributed by atoms with van der Waals surface area (Å²) in [5.74, 6) is -0.549. The molecule has 2 amide bonds. The van der Waals surface area contributed by atoms with E-state index in [2.05, 4.69) is 15.5 Å². The average Bonchev–Trinajstić information content (AvgIpc) is 3.33. The Labute approximate surface area is 161 Å². The molecular weight excluding hydrogens is 352 g/mol. The Kier molecular flexibility index (Phi) is 3.83. The van der Waals surface area contributed by atoms with Crippen LogP contribution in [0.4, 0.5) is 11.4 Å². The molecule has 6 nitrogen and oxygen atoms in total. The highest BCUT2D eigenvalue weighted by atomic mass is 16.2. The molecule has 138 valence electrons. The largest absolute Gasteiger partial charge is 0.326 e. The molecule has 0 saturated carbocycles. The maximum absolute atomic E-state index is 12.8. The number of aromatic amines is 1. The van der Waals surface area contributed by atoms with Gasteiger partial charge in [0.05, 0.1) is 23.3 Å². The van der Waals surface area contributed by atoms with Gasteiger partial charge in [-0.1, -0.05) is 36.4 Å². The van der Waals surface area contributed by atoms with E-state index in [4.69, 9.17) is 0 Å². The third kappa shape index (κ3) is 2.79. The zero-order valence-corrected chi connectivity index (χ0v) is 15.1. The van der Waals surface area contributed by atoms with Crippen molar-refractivity contribution in [3.8, 4) is 0 Å². The summed E-state index contributed by atoms with van der Waals surface area (Å²) in [5, 5.41) is 12.8. The molecule has 2 heterocycles. The van der Waals surface area contributed by atoms with Gasteiger partial charge in [-0.05, 0) is 29.7 Å². The minimum atomic E-state index is -0.383. The molecule has 0 aliphatic carbocycles. The number of hydrogen-bond donors (Lipinski definition) is 2. The van der Waals surface area contributed by atoms with Gasteiger partial charge in [0.2, 0.25) is 11.8 Å². The predicted molar refractivity (Wildman–Crippen MR) is 109 cm³/mol. The van der Waals surface area contributed by atoms with E-state index < -0.39 is 0 Å². The molecule has 1 aromatic heterocycles. The zero-order chi connectivity index (χ0) is 19.1. The van der Waals surface area contributed by atoms with E-state index in [9.17, 15) is 9.59 Å². The molecule has 1 aliphatic heterocycles. The first-order chi connectivity index (χ1) is 13.7. The van der Waals surface area contributed by atoms with Gasteiger partial charge in [0.25, 0.3) is 0 Å². The summed E-state index contributed by atoms with van der Waals surface area (Å²) in [6.07, 6.45) is 1.93. The number of benzene rings is 3. The molecule has 0 spiro atoms. The van der Waals surface area contributed by atoms with Gasteiger partial charge in [-0.3, -0.25) is 14.7 Å². The maximum atomic E-state index is 12.8. The number of H-pyrrole nitrogens is 1. The van der Waals surface area contributed by atoms with Crippen LogP contribution in [0, 0.1) is 5.92 Å². The van der Waals surface area contributed by atoms with Gasteiger partial charge in [0, 0.05) is 29.4 Å². The van der Waals surface area contributed by atoms with Crippen molar-refractivity contribution >= 4 is 44.9 Å². The molecule has 1 aliphatic rings. The smallest absolute Gasteiger partial charge is 0.229 e. The number of hydrogen-bond acceptors (Lipinski definition) is 3. The van der Waals surface area contributed by atoms with Gasteiger partial charge in [-0.25, -0.2) is 0 Å². The average molecular weight is 370 g/mol. The minimum Gasteiger partial charge on any atom is -0.326 e. The third-order valence-corrected chi connectivity index (χ3v) is 5.26. The molecule has 5 rings (SSSR count). The summed E-state index contributed by atoms with van der Waals surface area (Å²) >= 11 is 0. The van der Waals surface area contributed by atoms with Crippen LogP contribution < -0.4 is 10.2 Å². The van der Waals surface area contributed by atoms with E-state index in [0.29, 0.717) is 12.2 Å². The maximum Gasteiger partial charge on any atom is 0.229 e. The van der Waals surface area contributed by atoms with E-state index in [0.717, 1.165) is 27.4 Å². The van der Waals surface area contributed by atoms with E-state index in [1.807, 2.05) is 60.7 Å². The SMILES string of the molecule is O=C(Nc1ccc2[nH]ncc2c1)C1CC(=O)N(c2cccc3ccccc23)C1. The fourth-order valence-electron chi connectivity index (χ4n) is 3.82. The first kappa shape index (κ1) is 16.5. The van der Waals surface area contributed by atoms with Crippen LogP contribution in [0.15, 0.2) is 66.9 Å². The summed E-state index contributed by atoms with van der Waals surface area (Å²) in [5.41, 5.74) is 2.48. The fraction of sp³-hybridized carbons (Fsp3) is 0.136. The van der Waals surface area contributed by atoms with Crippen molar-refractivity contribution in [1.82, 2.24) is 10.2 Å². The Balaban J connectivity index is 1.37. The lowest BCUT2D eigenvalue weighted by Crippen LogP contribution is -2.28. The van der Waals surface area contributed by atoms with Crippen molar-refractivity contribution in [1.29, 1.82) is 0 Å². The van der Waals surface area contributed by atoms with Gasteiger partial charge < -0.3 is 10.2 Å². The molecule has 4 aromatic rings. The van der Waals surface area contributed by atoms with Crippen LogP contribution in [-0.4, -0.2) is 28.6 Å². The normalized spacial score (nSPS) is 16.8. The zero-order valence-electron chi connectivity index (χ0n) is 15.1. The van der Waals surface area contributed by atoms with Crippen LogP contribution in [0.1, 0.15) is 6.42 Å². The Morgan fingerprint density at radius 2 is 1.93 bits per heavy atom. The molecule has 1 unspecified atom stereocenters. The van der Waals surface area contributed by atoms with E-state index in [1.54, 1.807) is 11.1 Å². The van der Waals surface area contributed by atoms with Gasteiger partial charge in [0.15, 0.2) is 0 Å². The van der Waals surface area contributed by atoms with Crippen LogP contribution in [0.25, 0.3) is 21.7 Å². The number of fused-ring (bicyclic) bond motifs is 2. The lowest BCUT2D eigenvalue weighted by molar-refractivity contribution is -0.122. The van der Waals surface area contributed by atoms with Gasteiger partial charge in [-0.15, -0.1) is 0 Å². The van der Waals surface area contributed by atoms with Gasteiger partial charge in [-0.2, -0.15) is 5.10 Å². The fourth-order valence-corrected chi connectivity index (χ4v) is 3.82. The van der Waals surface area contributed by atoms with Gasteiger partial charge in [0.1, 0.15) is 0 Å². The Hall–Kier alpha value is -3.67. The number of nitrogens with one attached hydrogen (secondary N) is 2. The van der Waals surface area contributed by atoms with Crippen molar-refractivity contribution < 1.29 is 9.59 Å². The van der Waals surface area contributed by atoms with Crippen LogP contribution in [0.2, 0.25) is 0 Å². The van der Waals surface area contributed by atoms with Crippen molar-refractivity contribution in [2.75, 3.05) is 16.8 Å². The number of amides is 2. The molecule has 2 N–H and O–H groups in total. The summed E-state index contributed by atoms with van der Waals surface area (Å²) in [4.78, 5) is 27.1. The van der Waals surface area contributed by atoms with Crippen LogP contribution in [0.5, 0.6) is 0 Å². The van der Waals surface area contributed by atoms with E-state index in [-0.39, 0.29) is 24.2 Å². The van der Waals surface area contributed by atoms with Crippen molar-refractivity contribution in [2.45, 2.75) is 6.42 Å². The summed E-state index contributed by atoms with van der Waals surface area (Å²) in [7, 11) is 0. The number of carbonyl (C=O) groups excluding carboxylic acids is 2. The molecule has 6 heteroatoms. The monoisotopic (exact) mass is 370 g/mol. The van der Waals surface area contributed by atoms with Crippen molar-refractivity contribution in [3.63, 3.8) is 0 Å². The second-order valence-electron chi connectivity index (χ2n) is 7.06. The van der Waals surface area contributed by atoms with Gasteiger partial charge >= 0.3 is 0 Å². The number of nitrogens with zero attached hydrogens (tertiary/aromatic N) is 2. The summed E-state index contributed by atoms with van der Waals surface area (Å²) in [6, 6.07) is 19.4. The Bertz CT molecular complexity index is 1210. The second-order valence-corrected chi connectivity index (χ2v) is 7.06. The van der Waals surface area contributed by atoms with Crippen LogP contribution >= 0.6 is 0 Å². The quantitative estimate of drug-likeness (QED) is 0.577. The lowest BCUT2D eigenvalue weighted by Gasteiger charge is -2.19. The molecule has 0 radical (unpaired) electrons. The van der Waals surface area contributed by atoms with Crippen LogP contribution in [0.3, 0.4) is 0 Å². The first-order valence-electron chi connectivity index (χ1n) is 9.21. The minimum absolute atomic E-state index is 0.0261. The summed E-state index contributed by atoms with van der Waals surface area (Å²) in [6.45, 7) is 0.382.